The molecule has 0 aromatic heterocycles. The summed E-state index contributed by atoms with van der Waals surface area (Å²) in [7, 11) is -7.07. The highest BCUT2D eigenvalue weighted by Crippen LogP contribution is 2.58. The molecule has 2 saturated heterocycles. The minimum absolute atomic E-state index is 0.256. The average Bonchev–Trinajstić information content (AvgIpc) is 2.96. The molecule has 0 aliphatic carbocycles. The maximum absolute atomic E-state index is 14.5. The molecule has 4 N–H and O–H groups in total. The number of benzene rings is 2. The predicted octanol–water partition coefficient (Wildman–Crippen LogP) is 6.43. The van der Waals surface area contributed by atoms with Crippen molar-refractivity contribution in [3.05, 3.63) is 59.2 Å². The van der Waals surface area contributed by atoms with Crippen LogP contribution >= 0.6 is 0 Å². The van der Waals surface area contributed by atoms with Crippen LogP contribution in [-0.2, 0) is 30.8 Å². The van der Waals surface area contributed by atoms with E-state index < -0.39 is 61.4 Å². The molecule has 4 heterocycles. The summed E-state index contributed by atoms with van der Waals surface area (Å²) in [5.74, 6) is -0.937. The molecule has 0 amide bonds. The Morgan fingerprint density at radius 2 is 0.935 bits per heavy atom. The minimum Gasteiger partial charge on any atom is -0.399 e. The molecular formula is C34H46F2N4O4S2. The molecule has 0 saturated carbocycles. The number of hydrogen-bond acceptors (Lipinski definition) is 8. The van der Waals surface area contributed by atoms with Crippen LogP contribution in [0.4, 0.5) is 20.2 Å². The molecule has 6 rings (SSSR count). The van der Waals surface area contributed by atoms with Crippen LogP contribution in [0.5, 0.6) is 0 Å². The van der Waals surface area contributed by atoms with Crippen LogP contribution in [0.3, 0.4) is 0 Å². The maximum atomic E-state index is 14.5. The highest BCUT2D eigenvalue weighted by atomic mass is 32.2. The van der Waals surface area contributed by atoms with Crippen LogP contribution in [0.2, 0.25) is 0 Å². The van der Waals surface area contributed by atoms with Crippen molar-refractivity contribution in [1.29, 1.82) is 0 Å². The quantitative estimate of drug-likeness (QED) is 0.351. The van der Waals surface area contributed by atoms with Gasteiger partial charge >= 0.3 is 0 Å². The Kier molecular flexibility index (Phi) is 7.73. The Hall–Kier alpha value is -2.86. The molecular weight excluding hydrogens is 631 g/mol. The molecule has 252 valence electrons. The molecule has 4 aliphatic rings. The fourth-order valence-corrected chi connectivity index (χ4v) is 14.4. The van der Waals surface area contributed by atoms with Gasteiger partial charge in [-0.05, 0) is 130 Å². The number of hydrogen-bond donors (Lipinski definition) is 2. The van der Waals surface area contributed by atoms with Crippen LogP contribution in [0.25, 0.3) is 0 Å². The maximum Gasteiger partial charge on any atom is 0.169 e. The first-order chi connectivity index (χ1) is 21.0. The average molecular weight is 677 g/mol. The van der Waals surface area contributed by atoms with Gasteiger partial charge in [0.25, 0.3) is 0 Å². The fraction of sp³-hybridized carbons (Fsp3) is 0.588. The largest absolute Gasteiger partial charge is 0.399 e. The standard InChI is InChI=1S/2C17H23FN2O2S/c2*1-11-15(2)8-5-9-16(3,23(15,21)22)17(4,20-11)13-10-12(19)6-7-14(13)18/h2*6-7,10H,5,8-9,19H2,1-4H3/t15-,16+,17+;15-,16+,17-/m01/s1. The molecule has 4 aliphatic heterocycles. The first-order valence-electron chi connectivity index (χ1n) is 15.7. The van der Waals surface area contributed by atoms with Gasteiger partial charge in [-0.25, -0.2) is 25.6 Å². The Balaban J connectivity index is 0.000000181. The van der Waals surface area contributed by atoms with E-state index in [1.165, 1.54) is 36.4 Å². The molecule has 6 atom stereocenters. The van der Waals surface area contributed by atoms with Crippen molar-refractivity contribution in [2.75, 3.05) is 11.5 Å². The van der Waals surface area contributed by atoms with Gasteiger partial charge in [-0.15, -0.1) is 0 Å². The van der Waals surface area contributed by atoms with Crippen molar-refractivity contribution in [3.8, 4) is 0 Å². The second kappa shape index (κ2) is 10.3. The zero-order valence-corrected chi connectivity index (χ0v) is 29.6. The normalized spacial score (nSPS) is 38.9. The smallest absolute Gasteiger partial charge is 0.169 e. The van der Waals surface area contributed by atoms with Crippen LogP contribution in [0, 0.1) is 11.6 Å². The van der Waals surface area contributed by atoms with Crippen molar-refractivity contribution in [1.82, 2.24) is 0 Å². The second-order valence-corrected chi connectivity index (χ2v) is 20.3. The molecule has 2 aromatic carbocycles. The summed E-state index contributed by atoms with van der Waals surface area (Å²) in [6.45, 7) is 13.8. The third-order valence-electron chi connectivity index (χ3n) is 12.4. The second-order valence-electron chi connectivity index (χ2n) is 14.7. The molecule has 46 heavy (non-hydrogen) atoms. The minimum atomic E-state index is -3.54. The highest BCUT2D eigenvalue weighted by Gasteiger charge is 2.68. The van der Waals surface area contributed by atoms with Gasteiger partial charge in [0.2, 0.25) is 0 Å². The van der Waals surface area contributed by atoms with Crippen LogP contribution < -0.4 is 11.5 Å². The fourth-order valence-electron chi connectivity index (χ4n) is 8.48. The highest BCUT2D eigenvalue weighted by molar-refractivity contribution is 7.95. The summed E-state index contributed by atoms with van der Waals surface area (Å²) in [5, 5.41) is 0. The lowest BCUT2D eigenvalue weighted by Gasteiger charge is -2.55. The van der Waals surface area contributed by atoms with E-state index in [1.54, 1.807) is 55.4 Å². The Morgan fingerprint density at radius 3 is 1.26 bits per heavy atom. The molecule has 0 unspecified atom stereocenters. The van der Waals surface area contributed by atoms with Gasteiger partial charge in [0.15, 0.2) is 19.7 Å². The summed E-state index contributed by atoms with van der Waals surface area (Å²) in [6.07, 6.45) is 3.61. The van der Waals surface area contributed by atoms with Crippen molar-refractivity contribution < 1.29 is 25.6 Å². The van der Waals surface area contributed by atoms with Gasteiger partial charge in [0.05, 0.1) is 9.49 Å². The third kappa shape index (κ3) is 4.10. The zero-order valence-electron chi connectivity index (χ0n) is 28.0. The third-order valence-corrected chi connectivity index (χ3v) is 19.3. The summed E-state index contributed by atoms with van der Waals surface area (Å²) in [4.78, 5) is 9.50. The number of nitrogen functional groups attached to an aromatic ring is 2. The van der Waals surface area contributed by atoms with Crippen LogP contribution in [0.15, 0.2) is 46.4 Å². The summed E-state index contributed by atoms with van der Waals surface area (Å²) < 4.78 is 78.5. The van der Waals surface area contributed by atoms with E-state index >= 15 is 0 Å². The molecule has 4 bridgehead atoms. The van der Waals surface area contributed by atoms with Gasteiger partial charge in [-0.1, -0.05) is 0 Å². The van der Waals surface area contributed by atoms with Gasteiger partial charge in [0.1, 0.15) is 32.2 Å². The van der Waals surface area contributed by atoms with E-state index in [1.807, 2.05) is 0 Å². The SMILES string of the molecule is CC1=N[C@](C)(c2cc(N)ccc2F)[C@@]2(C)CCC[C@]1(C)S2(=O)=O.CC1=N[C@](C)(c2cc(N)ccc2F)[C@]2(C)CCC[C@@]1(C)S2(=O)=O. The van der Waals surface area contributed by atoms with Crippen molar-refractivity contribution in [3.63, 3.8) is 0 Å². The lowest BCUT2D eigenvalue weighted by atomic mass is 9.74. The number of nitrogens with zero attached hydrogens (tertiary/aromatic N) is 2. The van der Waals surface area contributed by atoms with E-state index in [2.05, 4.69) is 0 Å². The van der Waals surface area contributed by atoms with E-state index in [-0.39, 0.29) is 11.1 Å². The van der Waals surface area contributed by atoms with Gasteiger partial charge < -0.3 is 11.5 Å². The number of anilines is 2. The lowest BCUT2D eigenvalue weighted by molar-refractivity contribution is 0.274. The Bertz CT molecular complexity index is 1780. The molecule has 2 aromatic rings. The lowest BCUT2D eigenvalue weighted by Crippen LogP contribution is -2.67. The Labute approximate surface area is 272 Å². The number of aliphatic imine (C=N–C) groups is 2. The predicted molar refractivity (Wildman–Crippen MR) is 182 cm³/mol. The van der Waals surface area contributed by atoms with Crippen molar-refractivity contribution in [2.45, 2.75) is 124 Å². The number of sulfone groups is 2. The topological polar surface area (TPSA) is 145 Å². The number of nitrogens with two attached hydrogens (primary N) is 2. The van der Waals surface area contributed by atoms with Gasteiger partial charge in [-0.2, -0.15) is 0 Å². The van der Waals surface area contributed by atoms with E-state index in [9.17, 15) is 25.6 Å². The molecule has 0 spiro atoms. The van der Waals surface area contributed by atoms with E-state index in [4.69, 9.17) is 21.5 Å². The molecule has 0 radical (unpaired) electrons. The van der Waals surface area contributed by atoms with Gasteiger partial charge in [-0.3, -0.25) is 9.98 Å². The zero-order chi connectivity index (χ0) is 34.5. The first kappa shape index (κ1) is 34.5. The van der Waals surface area contributed by atoms with Crippen LogP contribution in [-0.4, -0.2) is 47.2 Å². The number of rotatable bonds is 2. The summed E-state index contributed by atoms with van der Waals surface area (Å²) in [6, 6.07) is 8.56. The van der Waals surface area contributed by atoms with E-state index in [0.29, 0.717) is 48.5 Å². The molecule has 12 heteroatoms. The number of fused-ring (bicyclic) bond motifs is 4. The van der Waals surface area contributed by atoms with Crippen molar-refractivity contribution in [2.24, 2.45) is 9.98 Å². The summed E-state index contributed by atoms with van der Waals surface area (Å²) in [5.41, 5.74) is 11.7. The monoisotopic (exact) mass is 676 g/mol. The van der Waals surface area contributed by atoms with E-state index in [0.717, 1.165) is 12.8 Å². The summed E-state index contributed by atoms with van der Waals surface area (Å²) >= 11 is 0. The number of halogens is 2. The molecule has 8 nitrogen and oxygen atoms in total. The molecule has 2 fully saturated rings. The Morgan fingerprint density at radius 1 is 0.609 bits per heavy atom. The van der Waals surface area contributed by atoms with Crippen LogP contribution in [0.1, 0.15) is 105 Å². The van der Waals surface area contributed by atoms with Gasteiger partial charge in [0, 0.05) is 33.9 Å². The first-order valence-corrected chi connectivity index (χ1v) is 18.7. The van der Waals surface area contributed by atoms with Crippen molar-refractivity contribution >= 4 is 42.5 Å².